The molecule has 0 spiro atoms. The van der Waals surface area contributed by atoms with Gasteiger partial charge in [0.25, 0.3) is 0 Å². The predicted octanol–water partition coefficient (Wildman–Crippen LogP) is 15.5. The Morgan fingerprint density at radius 3 is 1.53 bits per heavy atom. The number of rotatable bonds is 8. The Hall–Kier alpha value is -6.90. The van der Waals surface area contributed by atoms with E-state index in [4.69, 9.17) is 4.42 Å². The van der Waals surface area contributed by atoms with Crippen molar-refractivity contribution in [2.24, 2.45) is 0 Å². The fourth-order valence-electron chi connectivity index (χ4n) is 8.30. The second kappa shape index (κ2) is 15.3. The van der Waals surface area contributed by atoms with Gasteiger partial charge in [-0.05, 0) is 130 Å². The van der Waals surface area contributed by atoms with E-state index in [9.17, 15) is 0 Å². The van der Waals surface area contributed by atoms with Crippen molar-refractivity contribution in [3.05, 3.63) is 217 Å². The van der Waals surface area contributed by atoms with E-state index in [1.807, 2.05) is 0 Å². The largest absolute Gasteiger partial charge is 0.460 e. The summed E-state index contributed by atoms with van der Waals surface area (Å²) in [6, 6.07) is 51.3. The van der Waals surface area contributed by atoms with Crippen LogP contribution in [0.1, 0.15) is 48.1 Å². The summed E-state index contributed by atoms with van der Waals surface area (Å²) in [5.74, 6) is 1.10. The van der Waals surface area contributed by atoms with Crippen molar-refractivity contribution in [2.75, 3.05) is 4.90 Å². The van der Waals surface area contributed by atoms with Crippen LogP contribution in [0, 0.1) is 0 Å². The Kier molecular flexibility index (Phi) is 9.30. The molecule has 6 aromatic carbocycles. The molecule has 1 heterocycles. The first kappa shape index (κ1) is 34.6. The van der Waals surface area contributed by atoms with E-state index < -0.39 is 0 Å². The van der Waals surface area contributed by atoms with Gasteiger partial charge in [0.1, 0.15) is 11.3 Å². The molecule has 0 radical (unpaired) electrons. The zero-order valence-electron chi connectivity index (χ0n) is 31.9. The number of hydrogen-bond acceptors (Lipinski definition) is 2. The molecule has 3 aliphatic rings. The molecular formula is C55H43NO. The zero-order chi connectivity index (χ0) is 38.0. The Balaban J connectivity index is 0.960. The minimum absolute atomic E-state index is 0.956. The van der Waals surface area contributed by atoms with Crippen molar-refractivity contribution in [3.63, 3.8) is 0 Å². The van der Waals surface area contributed by atoms with Crippen LogP contribution in [-0.2, 0) is 6.42 Å². The summed E-state index contributed by atoms with van der Waals surface area (Å²) < 4.78 is 6.31. The normalized spacial score (nSPS) is 14.6. The van der Waals surface area contributed by atoms with Crippen LogP contribution in [0.2, 0.25) is 0 Å². The summed E-state index contributed by atoms with van der Waals surface area (Å²) in [6.07, 6.45) is 27.4. The lowest BCUT2D eigenvalue weighted by molar-refractivity contribution is 0.546. The first-order chi connectivity index (χ1) is 28.2. The quantitative estimate of drug-likeness (QED) is 0.155. The molecule has 7 aromatic rings. The first-order valence-corrected chi connectivity index (χ1v) is 20.2. The molecule has 0 fully saturated rings. The van der Waals surface area contributed by atoms with Crippen molar-refractivity contribution in [3.8, 4) is 33.4 Å². The van der Waals surface area contributed by atoms with Crippen molar-refractivity contribution in [2.45, 2.75) is 32.1 Å². The van der Waals surface area contributed by atoms with Gasteiger partial charge in [-0.1, -0.05) is 152 Å². The van der Waals surface area contributed by atoms with E-state index in [2.05, 4.69) is 205 Å². The minimum Gasteiger partial charge on any atom is -0.460 e. The van der Waals surface area contributed by atoms with Gasteiger partial charge >= 0.3 is 0 Å². The molecule has 0 atom stereocenters. The summed E-state index contributed by atoms with van der Waals surface area (Å²) in [5.41, 5.74) is 17.7. The molecule has 0 N–H and O–H groups in total. The Bertz CT molecular complexity index is 2750. The maximum absolute atomic E-state index is 6.31. The summed E-state index contributed by atoms with van der Waals surface area (Å²) >= 11 is 0. The molecule has 0 saturated carbocycles. The highest BCUT2D eigenvalue weighted by molar-refractivity contribution is 5.92. The summed E-state index contributed by atoms with van der Waals surface area (Å²) in [4.78, 5) is 2.35. The van der Waals surface area contributed by atoms with Crippen molar-refractivity contribution >= 4 is 45.3 Å². The van der Waals surface area contributed by atoms with Gasteiger partial charge in [-0.2, -0.15) is 0 Å². The van der Waals surface area contributed by atoms with Crippen LogP contribution in [0.4, 0.5) is 17.1 Å². The second-order valence-corrected chi connectivity index (χ2v) is 15.0. The van der Waals surface area contributed by atoms with Crippen LogP contribution in [0.3, 0.4) is 0 Å². The number of nitrogens with zero attached hydrogens (tertiary/aromatic N) is 1. The fourth-order valence-corrected chi connectivity index (χ4v) is 8.30. The molecule has 0 bridgehead atoms. The van der Waals surface area contributed by atoms with Crippen LogP contribution < -0.4 is 4.90 Å². The number of furan rings is 1. The number of allylic oxidation sites excluding steroid dienone is 11. The van der Waals surface area contributed by atoms with Crippen LogP contribution in [0.15, 0.2) is 199 Å². The Morgan fingerprint density at radius 2 is 0.930 bits per heavy atom. The predicted molar refractivity (Wildman–Crippen MR) is 242 cm³/mol. The third-order valence-corrected chi connectivity index (χ3v) is 11.4. The molecule has 3 aliphatic carbocycles. The van der Waals surface area contributed by atoms with Gasteiger partial charge in [0.05, 0.1) is 0 Å². The van der Waals surface area contributed by atoms with E-state index in [1.54, 1.807) is 0 Å². The number of aryl methyl sites for hydroxylation is 1. The standard InChI is InChI=1S/C55H43NO/c1-2-5-11-39(10-4-1)41-16-20-43(21-17-41)45-24-31-49(32-25-45)56(50-33-26-46(27-34-50)44-22-18-42(19-23-44)40-12-6-3-7-13-40)51-35-28-47(29-36-51)48-30-37-53-52-14-8-9-15-54(52)57-55(53)38-48/h1,4-6,8,10-14,16-38H,2-3,7,9,15H2. The lowest BCUT2D eigenvalue weighted by Crippen LogP contribution is -2.09. The minimum atomic E-state index is 0.956. The highest BCUT2D eigenvalue weighted by Gasteiger charge is 2.17. The Morgan fingerprint density at radius 1 is 0.421 bits per heavy atom. The fraction of sp³-hybridized carbons (Fsp3) is 0.0909. The third-order valence-electron chi connectivity index (χ3n) is 11.4. The summed E-state index contributed by atoms with van der Waals surface area (Å²) in [6.45, 7) is 0. The summed E-state index contributed by atoms with van der Waals surface area (Å²) in [7, 11) is 0. The van der Waals surface area contributed by atoms with E-state index in [-0.39, 0.29) is 0 Å². The van der Waals surface area contributed by atoms with E-state index in [0.29, 0.717) is 0 Å². The number of anilines is 3. The van der Waals surface area contributed by atoms with Crippen molar-refractivity contribution in [1.82, 2.24) is 0 Å². The third kappa shape index (κ3) is 7.07. The zero-order valence-corrected chi connectivity index (χ0v) is 31.9. The van der Waals surface area contributed by atoms with Gasteiger partial charge < -0.3 is 9.32 Å². The molecule has 2 nitrogen and oxygen atoms in total. The van der Waals surface area contributed by atoms with E-state index >= 15 is 0 Å². The lowest BCUT2D eigenvalue weighted by atomic mass is 9.97. The van der Waals surface area contributed by atoms with Crippen molar-refractivity contribution in [1.29, 1.82) is 0 Å². The smallest absolute Gasteiger partial charge is 0.135 e. The summed E-state index contributed by atoms with van der Waals surface area (Å²) in [5, 5.41) is 1.19. The van der Waals surface area contributed by atoms with Crippen LogP contribution >= 0.6 is 0 Å². The SMILES string of the molecule is C1=CCC=CC(c2ccc(-c3ccc(N(c4ccc(-c5ccc(C6=CCCC=C6)cc5)cc4)c4ccc(-c5ccc6c7c(oc6c5)CCC=C7)cc4)cc3)cc2)=C1. The molecule has 2 heteroatoms. The average molecular weight is 734 g/mol. The van der Waals surface area contributed by atoms with Gasteiger partial charge in [-0.25, -0.2) is 0 Å². The highest BCUT2D eigenvalue weighted by atomic mass is 16.3. The average Bonchev–Trinajstić information content (AvgIpc) is 3.43. The number of benzene rings is 6. The lowest BCUT2D eigenvalue weighted by Gasteiger charge is -2.26. The van der Waals surface area contributed by atoms with Crippen molar-refractivity contribution < 1.29 is 4.42 Å². The maximum Gasteiger partial charge on any atom is 0.135 e. The highest BCUT2D eigenvalue weighted by Crippen LogP contribution is 2.39. The Labute approximate surface area is 335 Å². The van der Waals surface area contributed by atoms with Gasteiger partial charge in [0.2, 0.25) is 0 Å². The molecule has 0 saturated heterocycles. The molecule has 1 aromatic heterocycles. The first-order valence-electron chi connectivity index (χ1n) is 20.2. The molecule has 274 valence electrons. The molecule has 57 heavy (non-hydrogen) atoms. The monoisotopic (exact) mass is 733 g/mol. The molecule has 0 unspecified atom stereocenters. The topological polar surface area (TPSA) is 16.4 Å². The molecular weight excluding hydrogens is 691 g/mol. The molecule has 0 amide bonds. The van der Waals surface area contributed by atoms with Gasteiger partial charge in [0.15, 0.2) is 0 Å². The van der Waals surface area contributed by atoms with Gasteiger partial charge in [0, 0.05) is 34.4 Å². The van der Waals surface area contributed by atoms with Gasteiger partial charge in [-0.3, -0.25) is 0 Å². The second-order valence-electron chi connectivity index (χ2n) is 15.0. The molecule has 0 aliphatic heterocycles. The molecule has 10 rings (SSSR count). The van der Waals surface area contributed by atoms with Crippen LogP contribution in [0.5, 0.6) is 0 Å². The maximum atomic E-state index is 6.31. The number of fused-ring (bicyclic) bond motifs is 3. The van der Waals surface area contributed by atoms with E-state index in [1.165, 1.54) is 55.5 Å². The van der Waals surface area contributed by atoms with Gasteiger partial charge in [-0.15, -0.1) is 0 Å². The number of hydrogen-bond donors (Lipinski definition) is 0. The van der Waals surface area contributed by atoms with Crippen LogP contribution in [-0.4, -0.2) is 0 Å². The van der Waals surface area contributed by atoms with E-state index in [0.717, 1.165) is 71.6 Å². The van der Waals surface area contributed by atoms with Crippen LogP contribution in [0.25, 0.3) is 61.6 Å².